The molecule has 1 aromatic heterocycles. The second-order valence-electron chi connectivity index (χ2n) is 6.59. The number of amides is 3. The smallest absolute Gasteiger partial charge is 0.323 e. The van der Waals surface area contributed by atoms with E-state index in [1.807, 2.05) is 6.07 Å². The largest absolute Gasteiger partial charge is 0.497 e. The summed E-state index contributed by atoms with van der Waals surface area (Å²) >= 11 is 1.31. The number of nitrogens with zero attached hydrogens (tertiary/aromatic N) is 2. The number of esters is 1. The van der Waals surface area contributed by atoms with E-state index in [0.29, 0.717) is 29.7 Å². The normalized spacial score (nSPS) is 14.2. The third-order valence-corrected chi connectivity index (χ3v) is 5.39. The summed E-state index contributed by atoms with van der Waals surface area (Å²) in [7, 11) is 1.55. The van der Waals surface area contributed by atoms with Gasteiger partial charge in [-0.1, -0.05) is 12.1 Å². The molecule has 1 aromatic carbocycles. The summed E-state index contributed by atoms with van der Waals surface area (Å²) in [6.45, 7) is 3.13. The zero-order valence-corrected chi connectivity index (χ0v) is 17.7. The van der Waals surface area contributed by atoms with Crippen LogP contribution in [0.2, 0.25) is 0 Å². The van der Waals surface area contributed by atoms with Gasteiger partial charge in [0.15, 0.2) is 5.13 Å². The first-order chi connectivity index (χ1) is 14.5. The fourth-order valence-corrected chi connectivity index (χ4v) is 3.91. The molecule has 1 aliphatic heterocycles. The van der Waals surface area contributed by atoms with Crippen molar-refractivity contribution in [1.82, 2.24) is 15.6 Å². The molecule has 0 spiro atoms. The lowest BCUT2D eigenvalue weighted by atomic mass is 10.0. The van der Waals surface area contributed by atoms with Gasteiger partial charge in [-0.25, -0.2) is 9.78 Å². The van der Waals surface area contributed by atoms with Gasteiger partial charge in [-0.15, -0.1) is 11.3 Å². The Morgan fingerprint density at radius 3 is 2.93 bits per heavy atom. The molecule has 1 aliphatic rings. The molecule has 1 fully saturated rings. The first-order valence-electron chi connectivity index (χ1n) is 9.58. The molecule has 0 aliphatic carbocycles. The number of hydrogen-bond donors (Lipinski definition) is 2. The van der Waals surface area contributed by atoms with Crippen LogP contribution in [0.25, 0.3) is 0 Å². The van der Waals surface area contributed by atoms with Crippen LogP contribution < -0.4 is 20.3 Å². The number of nitrogens with one attached hydrogen (secondary N) is 2. The molecular weight excluding hydrogens is 408 g/mol. The number of anilines is 1. The molecule has 2 aromatic rings. The van der Waals surface area contributed by atoms with Gasteiger partial charge in [0.05, 0.1) is 38.3 Å². The lowest BCUT2D eigenvalue weighted by Crippen LogP contribution is -2.32. The summed E-state index contributed by atoms with van der Waals surface area (Å²) < 4.78 is 10.3. The highest BCUT2D eigenvalue weighted by atomic mass is 32.1. The molecule has 1 unspecified atom stereocenters. The van der Waals surface area contributed by atoms with Gasteiger partial charge in [-0.3, -0.25) is 14.5 Å². The predicted molar refractivity (Wildman–Crippen MR) is 112 cm³/mol. The van der Waals surface area contributed by atoms with Crippen molar-refractivity contribution in [3.05, 3.63) is 40.9 Å². The number of urea groups is 1. The van der Waals surface area contributed by atoms with Gasteiger partial charge in [-0.2, -0.15) is 0 Å². The number of aromatic nitrogens is 1. The van der Waals surface area contributed by atoms with Crippen molar-refractivity contribution in [2.45, 2.75) is 25.8 Å². The maximum atomic E-state index is 12.7. The summed E-state index contributed by atoms with van der Waals surface area (Å²) in [6.07, 6.45) is 0.0399. The molecule has 9 nitrogen and oxygen atoms in total. The number of methoxy groups -OCH3 is 1. The van der Waals surface area contributed by atoms with E-state index in [1.165, 1.54) is 11.3 Å². The van der Waals surface area contributed by atoms with Crippen molar-refractivity contribution in [3.63, 3.8) is 0 Å². The second kappa shape index (κ2) is 10.1. The Bertz CT molecular complexity index is 916. The van der Waals surface area contributed by atoms with Crippen LogP contribution in [0.3, 0.4) is 0 Å². The molecule has 0 saturated carbocycles. The monoisotopic (exact) mass is 432 g/mol. The zero-order valence-electron chi connectivity index (χ0n) is 16.8. The Kier molecular flexibility index (Phi) is 7.23. The van der Waals surface area contributed by atoms with E-state index < -0.39 is 12.0 Å². The van der Waals surface area contributed by atoms with E-state index in [4.69, 9.17) is 9.47 Å². The molecule has 0 radical (unpaired) electrons. The van der Waals surface area contributed by atoms with Crippen molar-refractivity contribution in [2.75, 3.05) is 31.7 Å². The summed E-state index contributed by atoms with van der Waals surface area (Å²) in [5, 5.41) is 7.92. The number of thiazole rings is 1. The van der Waals surface area contributed by atoms with Gasteiger partial charge >= 0.3 is 12.0 Å². The van der Waals surface area contributed by atoms with Crippen LogP contribution in [0.1, 0.15) is 30.6 Å². The van der Waals surface area contributed by atoms with Crippen molar-refractivity contribution >= 4 is 34.4 Å². The predicted octanol–water partition coefficient (Wildman–Crippen LogP) is 2.03. The van der Waals surface area contributed by atoms with E-state index >= 15 is 0 Å². The molecular formula is C20H24N4O5S. The molecule has 160 valence electrons. The lowest BCUT2D eigenvalue weighted by Gasteiger charge is -2.19. The van der Waals surface area contributed by atoms with Gasteiger partial charge < -0.3 is 20.1 Å². The minimum Gasteiger partial charge on any atom is -0.497 e. The first kappa shape index (κ1) is 21.6. The number of carbonyl (C=O) groups excluding carboxylic acids is 3. The number of carbonyl (C=O) groups is 3. The topological polar surface area (TPSA) is 110 Å². The van der Waals surface area contributed by atoms with Crippen molar-refractivity contribution in [1.29, 1.82) is 0 Å². The van der Waals surface area contributed by atoms with Crippen LogP contribution >= 0.6 is 11.3 Å². The molecule has 30 heavy (non-hydrogen) atoms. The van der Waals surface area contributed by atoms with Crippen molar-refractivity contribution < 1.29 is 23.9 Å². The van der Waals surface area contributed by atoms with E-state index in [-0.39, 0.29) is 31.4 Å². The average molecular weight is 433 g/mol. The quantitative estimate of drug-likeness (QED) is 0.587. The van der Waals surface area contributed by atoms with Crippen molar-refractivity contribution in [2.24, 2.45) is 0 Å². The van der Waals surface area contributed by atoms with Crippen LogP contribution in [-0.4, -0.2) is 49.7 Å². The third-order valence-electron chi connectivity index (χ3n) is 4.48. The van der Waals surface area contributed by atoms with E-state index in [2.05, 4.69) is 15.6 Å². The van der Waals surface area contributed by atoms with Crippen LogP contribution in [0.4, 0.5) is 9.93 Å². The molecule has 3 rings (SSSR count). The van der Waals surface area contributed by atoms with Crippen LogP contribution in [0.5, 0.6) is 5.75 Å². The van der Waals surface area contributed by atoms with Gasteiger partial charge in [0, 0.05) is 18.5 Å². The standard InChI is InChI=1S/C20H24N4O5S/c1-3-29-18(26)11-16(13-5-4-6-15(9-13)28-2)23-17(25)10-14-12-30-20(22-14)24-8-7-21-19(24)27/h4-6,9,12,16H,3,7-8,10-11H2,1-2H3,(H,21,27)(H,23,25). The summed E-state index contributed by atoms with van der Waals surface area (Å²) in [5.41, 5.74) is 1.30. The maximum absolute atomic E-state index is 12.7. The Hall–Kier alpha value is -3.14. The SMILES string of the molecule is CCOC(=O)CC(NC(=O)Cc1csc(N2CCNC2=O)n1)c1cccc(OC)c1. The second-order valence-corrected chi connectivity index (χ2v) is 7.42. The van der Waals surface area contributed by atoms with Gasteiger partial charge in [0.1, 0.15) is 5.75 Å². The van der Waals surface area contributed by atoms with Gasteiger partial charge in [0.2, 0.25) is 5.91 Å². The highest BCUT2D eigenvalue weighted by Gasteiger charge is 2.25. The Morgan fingerprint density at radius 2 is 2.23 bits per heavy atom. The molecule has 1 saturated heterocycles. The number of hydrogen-bond acceptors (Lipinski definition) is 7. The highest BCUT2D eigenvalue weighted by Crippen LogP contribution is 2.24. The molecule has 3 amide bonds. The number of benzene rings is 1. The fraction of sp³-hybridized carbons (Fsp3) is 0.400. The molecule has 2 N–H and O–H groups in total. The number of rotatable bonds is 9. The first-order valence-corrected chi connectivity index (χ1v) is 10.5. The third kappa shape index (κ3) is 5.47. The summed E-state index contributed by atoms with van der Waals surface area (Å²) in [6, 6.07) is 6.43. The van der Waals surface area contributed by atoms with E-state index in [0.717, 1.165) is 5.56 Å². The summed E-state index contributed by atoms with van der Waals surface area (Å²) in [5.74, 6) is -0.0555. The average Bonchev–Trinajstić information content (AvgIpc) is 3.36. The molecule has 2 heterocycles. The van der Waals surface area contributed by atoms with Gasteiger partial charge in [0.25, 0.3) is 0 Å². The van der Waals surface area contributed by atoms with Crippen LogP contribution in [0, 0.1) is 0 Å². The Balaban J connectivity index is 1.68. The number of ether oxygens (including phenoxy) is 2. The minimum absolute atomic E-state index is 0.00299. The molecule has 1 atom stereocenters. The zero-order chi connectivity index (χ0) is 21.5. The van der Waals surface area contributed by atoms with Crippen LogP contribution in [-0.2, 0) is 20.7 Å². The lowest BCUT2D eigenvalue weighted by molar-refractivity contribution is -0.143. The highest BCUT2D eigenvalue weighted by molar-refractivity contribution is 7.14. The fourth-order valence-electron chi connectivity index (χ4n) is 3.06. The molecule has 10 heteroatoms. The van der Waals surface area contributed by atoms with Crippen molar-refractivity contribution in [3.8, 4) is 5.75 Å². The summed E-state index contributed by atoms with van der Waals surface area (Å²) in [4.78, 5) is 42.4. The van der Waals surface area contributed by atoms with Crippen LogP contribution in [0.15, 0.2) is 29.6 Å². The Labute approximate surface area is 178 Å². The molecule has 0 bridgehead atoms. The van der Waals surface area contributed by atoms with Gasteiger partial charge in [-0.05, 0) is 24.6 Å². The maximum Gasteiger partial charge on any atom is 0.323 e. The van der Waals surface area contributed by atoms with E-state index in [1.54, 1.807) is 42.5 Å². The minimum atomic E-state index is -0.561. The Morgan fingerprint density at radius 1 is 1.40 bits per heavy atom. The van der Waals surface area contributed by atoms with E-state index in [9.17, 15) is 14.4 Å².